The monoisotopic (exact) mass is 363 g/mol. The molecule has 0 saturated carbocycles. The summed E-state index contributed by atoms with van der Waals surface area (Å²) in [6, 6.07) is 14.3. The van der Waals surface area contributed by atoms with E-state index in [4.69, 9.17) is 9.47 Å². The number of aryl methyl sites for hydroxylation is 2. The number of Topliss-reactive ketones (excluding diaryl/α,β-unsaturated/α-hetero) is 1. The Bertz CT molecular complexity index is 1010. The number of rotatable bonds is 5. The first-order chi connectivity index (χ1) is 12.9. The van der Waals surface area contributed by atoms with Gasteiger partial charge in [-0.2, -0.15) is 0 Å². The van der Waals surface area contributed by atoms with E-state index in [1.165, 1.54) is 0 Å². The number of pyridine rings is 1. The maximum absolute atomic E-state index is 12.7. The summed E-state index contributed by atoms with van der Waals surface area (Å²) in [5, 5.41) is 0.893. The Morgan fingerprint density at radius 2 is 1.67 bits per heavy atom. The molecule has 0 amide bonds. The molecule has 5 heteroatoms. The second-order valence-corrected chi connectivity index (χ2v) is 6.35. The molecule has 3 rings (SSSR count). The van der Waals surface area contributed by atoms with Crippen LogP contribution in [0.15, 0.2) is 48.5 Å². The van der Waals surface area contributed by atoms with E-state index >= 15 is 0 Å². The Morgan fingerprint density at radius 1 is 1.00 bits per heavy atom. The number of fused-ring (bicyclic) bond motifs is 1. The molecule has 0 N–H and O–H groups in total. The summed E-state index contributed by atoms with van der Waals surface area (Å²) in [5.41, 5.74) is 3.07. The average Bonchev–Trinajstić information content (AvgIpc) is 2.67. The van der Waals surface area contributed by atoms with Crippen molar-refractivity contribution in [2.75, 3.05) is 7.11 Å². The number of carbonyl (C=O) groups is 2. The number of carbonyl (C=O) groups excluding carboxylic acids is 2. The predicted molar refractivity (Wildman–Crippen MR) is 103 cm³/mol. The molecule has 3 aromatic rings. The largest absolute Gasteiger partial charge is 0.497 e. The van der Waals surface area contributed by atoms with E-state index in [9.17, 15) is 9.59 Å². The van der Waals surface area contributed by atoms with E-state index in [2.05, 4.69) is 4.98 Å². The smallest absolute Gasteiger partial charge is 0.340 e. The van der Waals surface area contributed by atoms with Gasteiger partial charge in [0, 0.05) is 10.9 Å². The number of ketones is 1. The van der Waals surface area contributed by atoms with Gasteiger partial charge in [-0.15, -0.1) is 0 Å². The van der Waals surface area contributed by atoms with Crippen LogP contribution >= 0.6 is 0 Å². The van der Waals surface area contributed by atoms with Gasteiger partial charge < -0.3 is 9.47 Å². The van der Waals surface area contributed by atoms with Crippen molar-refractivity contribution in [2.45, 2.75) is 26.9 Å². The summed E-state index contributed by atoms with van der Waals surface area (Å²) in [4.78, 5) is 29.8. The maximum atomic E-state index is 12.7. The molecule has 0 bridgehead atoms. The van der Waals surface area contributed by atoms with Crippen molar-refractivity contribution in [3.63, 3.8) is 0 Å². The number of methoxy groups -OCH3 is 1. The molecule has 0 aliphatic carbocycles. The van der Waals surface area contributed by atoms with Crippen LogP contribution in [0.1, 0.15) is 38.9 Å². The highest BCUT2D eigenvalue weighted by Crippen LogP contribution is 2.24. The summed E-state index contributed by atoms with van der Waals surface area (Å²) in [6.07, 6.45) is -0.906. The first kappa shape index (κ1) is 18.6. The molecule has 0 saturated heterocycles. The third-order valence-electron chi connectivity index (χ3n) is 4.56. The first-order valence-electron chi connectivity index (χ1n) is 8.67. The molecule has 0 spiro atoms. The quantitative estimate of drug-likeness (QED) is 0.500. The van der Waals surface area contributed by atoms with Crippen molar-refractivity contribution < 1.29 is 19.1 Å². The van der Waals surface area contributed by atoms with Gasteiger partial charge in [0.15, 0.2) is 6.10 Å². The van der Waals surface area contributed by atoms with Crippen LogP contribution in [0.3, 0.4) is 0 Å². The van der Waals surface area contributed by atoms with Crippen LogP contribution < -0.4 is 4.74 Å². The molecule has 5 nitrogen and oxygen atoms in total. The van der Waals surface area contributed by atoms with Gasteiger partial charge in [0.1, 0.15) is 5.75 Å². The zero-order valence-electron chi connectivity index (χ0n) is 15.8. The van der Waals surface area contributed by atoms with Gasteiger partial charge in [-0.1, -0.05) is 18.2 Å². The van der Waals surface area contributed by atoms with Gasteiger partial charge in [0.05, 0.1) is 23.9 Å². The number of hydrogen-bond donors (Lipinski definition) is 0. The lowest BCUT2D eigenvalue weighted by molar-refractivity contribution is 0.0317. The lowest BCUT2D eigenvalue weighted by atomic mass is 10.0. The summed E-state index contributed by atoms with van der Waals surface area (Å²) in [7, 11) is 1.56. The van der Waals surface area contributed by atoms with Crippen LogP contribution in [0.4, 0.5) is 0 Å². The molecule has 1 atom stereocenters. The van der Waals surface area contributed by atoms with Crippen LogP contribution in [0.2, 0.25) is 0 Å². The van der Waals surface area contributed by atoms with Crippen LogP contribution in [0.25, 0.3) is 10.9 Å². The van der Waals surface area contributed by atoms with E-state index in [0.717, 1.165) is 16.5 Å². The molecule has 0 aliphatic rings. The standard InChI is InChI=1S/C22H21NO4/c1-13-18-7-5-6-8-19(18)23-14(2)20(13)22(25)27-15(3)21(24)16-9-11-17(26-4)12-10-16/h5-12,15H,1-4H3/t15-/m1/s1. The molecule has 1 aromatic heterocycles. The summed E-state index contributed by atoms with van der Waals surface area (Å²) < 4.78 is 10.5. The molecule has 0 fully saturated rings. The highest BCUT2D eigenvalue weighted by Gasteiger charge is 2.24. The Hall–Kier alpha value is -3.21. The van der Waals surface area contributed by atoms with Gasteiger partial charge in [-0.05, 0) is 56.7 Å². The van der Waals surface area contributed by atoms with Crippen molar-refractivity contribution >= 4 is 22.7 Å². The molecule has 27 heavy (non-hydrogen) atoms. The van der Waals surface area contributed by atoms with Crippen molar-refractivity contribution in [3.8, 4) is 5.75 Å². The topological polar surface area (TPSA) is 65.5 Å². The molecule has 0 radical (unpaired) electrons. The number of aromatic nitrogens is 1. The minimum atomic E-state index is -0.906. The first-order valence-corrected chi connectivity index (χ1v) is 8.67. The normalized spacial score (nSPS) is 11.9. The van der Waals surface area contributed by atoms with Crippen LogP contribution in [-0.4, -0.2) is 30.0 Å². The fourth-order valence-electron chi connectivity index (χ4n) is 3.09. The van der Waals surface area contributed by atoms with Gasteiger partial charge in [0.2, 0.25) is 5.78 Å². The number of esters is 1. The van der Waals surface area contributed by atoms with Crippen molar-refractivity contribution in [3.05, 3.63) is 70.9 Å². The van der Waals surface area contributed by atoms with Gasteiger partial charge in [-0.3, -0.25) is 9.78 Å². The fourth-order valence-corrected chi connectivity index (χ4v) is 3.09. The maximum Gasteiger partial charge on any atom is 0.340 e. The Kier molecular flexibility index (Phi) is 5.21. The molecule has 2 aromatic carbocycles. The van der Waals surface area contributed by atoms with E-state index in [-0.39, 0.29) is 5.78 Å². The van der Waals surface area contributed by atoms with Crippen LogP contribution in [0.5, 0.6) is 5.75 Å². The second kappa shape index (κ2) is 7.58. The Balaban J connectivity index is 1.84. The van der Waals surface area contributed by atoms with Crippen molar-refractivity contribution in [2.24, 2.45) is 0 Å². The highest BCUT2D eigenvalue weighted by molar-refractivity contribution is 6.03. The average molecular weight is 363 g/mol. The van der Waals surface area contributed by atoms with Gasteiger partial charge in [-0.25, -0.2) is 4.79 Å². The molecular weight excluding hydrogens is 342 g/mol. The SMILES string of the molecule is COc1ccc(C(=O)[C@@H](C)OC(=O)c2c(C)nc3ccccc3c2C)cc1. The highest BCUT2D eigenvalue weighted by atomic mass is 16.5. The number of para-hydroxylation sites is 1. The molecule has 0 unspecified atom stereocenters. The predicted octanol–water partition coefficient (Wildman–Crippen LogP) is 4.29. The van der Waals surface area contributed by atoms with Gasteiger partial charge >= 0.3 is 5.97 Å². The van der Waals surface area contributed by atoms with Crippen LogP contribution in [-0.2, 0) is 4.74 Å². The summed E-state index contributed by atoms with van der Waals surface area (Å²) in [6.45, 7) is 5.21. The zero-order valence-corrected chi connectivity index (χ0v) is 15.8. The van der Waals surface area contributed by atoms with E-state index < -0.39 is 12.1 Å². The van der Waals surface area contributed by atoms with E-state index in [1.807, 2.05) is 31.2 Å². The summed E-state index contributed by atoms with van der Waals surface area (Å²) in [5.74, 6) is -0.155. The fraction of sp³-hybridized carbons (Fsp3) is 0.227. The van der Waals surface area contributed by atoms with E-state index in [1.54, 1.807) is 45.2 Å². The number of hydrogen-bond acceptors (Lipinski definition) is 5. The van der Waals surface area contributed by atoms with Gasteiger partial charge in [0.25, 0.3) is 0 Å². The molecule has 0 aliphatic heterocycles. The minimum Gasteiger partial charge on any atom is -0.497 e. The third-order valence-corrected chi connectivity index (χ3v) is 4.56. The third kappa shape index (κ3) is 3.67. The lowest BCUT2D eigenvalue weighted by Gasteiger charge is -2.16. The number of benzene rings is 2. The summed E-state index contributed by atoms with van der Waals surface area (Å²) >= 11 is 0. The molecule has 138 valence electrons. The Labute approximate surface area is 157 Å². The molecular formula is C22H21NO4. The van der Waals surface area contributed by atoms with Crippen molar-refractivity contribution in [1.29, 1.82) is 0 Å². The Morgan fingerprint density at radius 3 is 2.33 bits per heavy atom. The van der Waals surface area contributed by atoms with E-state index in [0.29, 0.717) is 22.6 Å². The molecule has 1 heterocycles. The second-order valence-electron chi connectivity index (χ2n) is 6.35. The minimum absolute atomic E-state index is 0.268. The van der Waals surface area contributed by atoms with Crippen molar-refractivity contribution in [1.82, 2.24) is 4.98 Å². The number of ether oxygens (including phenoxy) is 2. The zero-order chi connectivity index (χ0) is 19.6. The van der Waals surface area contributed by atoms with Crippen LogP contribution in [0, 0.1) is 13.8 Å². The lowest BCUT2D eigenvalue weighted by Crippen LogP contribution is -2.25. The number of nitrogens with zero attached hydrogens (tertiary/aromatic N) is 1.